The predicted molar refractivity (Wildman–Crippen MR) is 93.1 cm³/mol. The summed E-state index contributed by atoms with van der Waals surface area (Å²) in [5, 5.41) is 5.56. The number of rotatable bonds is 5. The van der Waals surface area contributed by atoms with Crippen LogP contribution in [0.4, 0.5) is 10.5 Å². The molecule has 1 heterocycles. The molecule has 3 rings (SSSR count). The number of aromatic nitrogens is 1. The molecule has 2 aromatic carbocycles. The van der Waals surface area contributed by atoms with E-state index >= 15 is 0 Å². The number of hydrogen-bond donors (Lipinski definition) is 2. The summed E-state index contributed by atoms with van der Waals surface area (Å²) in [5.74, 6) is 1.48. The summed E-state index contributed by atoms with van der Waals surface area (Å²) in [4.78, 5) is 15.9. The Hall–Kier alpha value is -3.34. The van der Waals surface area contributed by atoms with Crippen molar-refractivity contribution >= 4 is 11.7 Å². The third-order valence-corrected chi connectivity index (χ3v) is 3.27. The second kappa shape index (κ2) is 7.78. The maximum atomic E-state index is 11.9. The van der Waals surface area contributed by atoms with Crippen LogP contribution in [0.25, 0.3) is 0 Å². The van der Waals surface area contributed by atoms with E-state index in [-0.39, 0.29) is 6.03 Å². The Bertz CT molecular complexity index is 775. The number of hydrogen-bond acceptors (Lipinski definition) is 3. The highest BCUT2D eigenvalue weighted by atomic mass is 16.5. The molecule has 0 radical (unpaired) electrons. The minimum atomic E-state index is -0.268. The third kappa shape index (κ3) is 4.58. The number of amides is 2. The summed E-state index contributed by atoms with van der Waals surface area (Å²) < 4.78 is 5.71. The Morgan fingerprint density at radius 1 is 0.917 bits per heavy atom. The van der Waals surface area contributed by atoms with E-state index < -0.39 is 0 Å². The van der Waals surface area contributed by atoms with Crippen molar-refractivity contribution in [2.45, 2.75) is 6.54 Å². The number of carbonyl (C=O) groups is 1. The molecule has 2 N–H and O–H groups in total. The summed E-state index contributed by atoms with van der Waals surface area (Å²) in [5.41, 5.74) is 1.64. The molecule has 0 aliphatic heterocycles. The molecule has 0 aliphatic rings. The summed E-state index contributed by atoms with van der Waals surface area (Å²) >= 11 is 0. The maximum absolute atomic E-state index is 11.9. The first-order valence-corrected chi connectivity index (χ1v) is 7.56. The van der Waals surface area contributed by atoms with Gasteiger partial charge in [-0.3, -0.25) is 4.98 Å². The molecule has 0 saturated carbocycles. The highest BCUT2D eigenvalue weighted by Gasteiger charge is 2.03. The van der Waals surface area contributed by atoms with Crippen LogP contribution in [0.2, 0.25) is 0 Å². The summed E-state index contributed by atoms with van der Waals surface area (Å²) in [6.07, 6.45) is 3.42. The molecule has 0 saturated heterocycles. The van der Waals surface area contributed by atoms with Gasteiger partial charge in [0.2, 0.25) is 0 Å². The Kier molecular flexibility index (Phi) is 5.04. The quantitative estimate of drug-likeness (QED) is 0.741. The van der Waals surface area contributed by atoms with E-state index in [1.807, 2.05) is 54.6 Å². The largest absolute Gasteiger partial charge is 0.457 e. The molecule has 120 valence electrons. The van der Waals surface area contributed by atoms with E-state index in [2.05, 4.69) is 15.6 Å². The van der Waals surface area contributed by atoms with Gasteiger partial charge in [-0.1, -0.05) is 24.3 Å². The van der Waals surface area contributed by atoms with Crippen molar-refractivity contribution in [1.82, 2.24) is 10.3 Å². The Morgan fingerprint density at radius 2 is 1.67 bits per heavy atom. The second-order valence-corrected chi connectivity index (χ2v) is 5.11. The van der Waals surface area contributed by atoms with Gasteiger partial charge in [0.05, 0.1) is 0 Å². The molecule has 0 aliphatic carbocycles. The first kappa shape index (κ1) is 15.6. The number of urea groups is 1. The van der Waals surface area contributed by atoms with Gasteiger partial charge in [-0.15, -0.1) is 0 Å². The van der Waals surface area contributed by atoms with Crippen molar-refractivity contribution in [2.75, 3.05) is 5.32 Å². The molecule has 0 fully saturated rings. The van der Waals surface area contributed by atoms with Crippen molar-refractivity contribution in [2.24, 2.45) is 0 Å². The van der Waals surface area contributed by atoms with Crippen LogP contribution >= 0.6 is 0 Å². The van der Waals surface area contributed by atoms with Gasteiger partial charge < -0.3 is 15.4 Å². The van der Waals surface area contributed by atoms with E-state index in [0.29, 0.717) is 18.0 Å². The molecule has 5 heteroatoms. The van der Waals surface area contributed by atoms with Crippen LogP contribution in [0, 0.1) is 0 Å². The molecular weight excluding hydrogens is 302 g/mol. The first-order valence-electron chi connectivity index (χ1n) is 7.56. The van der Waals surface area contributed by atoms with Gasteiger partial charge in [-0.2, -0.15) is 0 Å². The van der Waals surface area contributed by atoms with Gasteiger partial charge in [-0.05, 0) is 48.0 Å². The average Bonchev–Trinajstić information content (AvgIpc) is 2.63. The Morgan fingerprint density at radius 3 is 2.38 bits per heavy atom. The second-order valence-electron chi connectivity index (χ2n) is 5.11. The third-order valence-electron chi connectivity index (χ3n) is 3.27. The van der Waals surface area contributed by atoms with Crippen LogP contribution in [-0.2, 0) is 6.54 Å². The molecule has 5 nitrogen and oxygen atoms in total. The molecule has 1 aromatic heterocycles. The van der Waals surface area contributed by atoms with Crippen molar-refractivity contribution in [1.29, 1.82) is 0 Å². The number of carbonyl (C=O) groups excluding carboxylic acids is 1. The summed E-state index contributed by atoms with van der Waals surface area (Å²) in [7, 11) is 0. The molecule has 0 atom stereocenters. The normalized spacial score (nSPS) is 10.0. The van der Waals surface area contributed by atoms with Gasteiger partial charge in [0.25, 0.3) is 0 Å². The number of benzene rings is 2. The van der Waals surface area contributed by atoms with Crippen LogP contribution in [-0.4, -0.2) is 11.0 Å². The van der Waals surface area contributed by atoms with Crippen LogP contribution in [0.15, 0.2) is 79.1 Å². The van der Waals surface area contributed by atoms with E-state index in [1.54, 1.807) is 24.5 Å². The smallest absolute Gasteiger partial charge is 0.319 e. The van der Waals surface area contributed by atoms with E-state index in [9.17, 15) is 4.79 Å². The zero-order valence-electron chi connectivity index (χ0n) is 13.0. The zero-order chi connectivity index (χ0) is 16.6. The topological polar surface area (TPSA) is 63.2 Å². The maximum Gasteiger partial charge on any atom is 0.319 e. The van der Waals surface area contributed by atoms with Crippen LogP contribution < -0.4 is 15.4 Å². The minimum absolute atomic E-state index is 0.268. The number of nitrogens with one attached hydrogen (secondary N) is 2. The number of pyridine rings is 1. The molecule has 24 heavy (non-hydrogen) atoms. The van der Waals surface area contributed by atoms with Gasteiger partial charge in [-0.25, -0.2) is 4.79 Å². The number of ether oxygens (including phenoxy) is 1. The summed E-state index contributed by atoms with van der Waals surface area (Å²) in [6.45, 7) is 0.425. The van der Waals surface area contributed by atoms with Crippen molar-refractivity contribution in [3.05, 3.63) is 84.7 Å². The molecule has 0 unspecified atom stereocenters. The fourth-order valence-electron chi connectivity index (χ4n) is 2.09. The standard InChI is InChI=1S/C19H17N3O2/c23-19(21-14-15-5-4-12-20-13-15)22-16-8-10-18(11-9-16)24-17-6-2-1-3-7-17/h1-13H,14H2,(H2,21,22,23). The molecular formula is C19H17N3O2. The zero-order valence-corrected chi connectivity index (χ0v) is 13.0. The lowest BCUT2D eigenvalue weighted by molar-refractivity contribution is 0.251. The number of para-hydroxylation sites is 1. The van der Waals surface area contributed by atoms with Gasteiger partial charge >= 0.3 is 6.03 Å². The van der Waals surface area contributed by atoms with E-state index in [0.717, 1.165) is 11.3 Å². The minimum Gasteiger partial charge on any atom is -0.457 e. The lowest BCUT2D eigenvalue weighted by atomic mass is 10.3. The van der Waals surface area contributed by atoms with Crippen LogP contribution in [0.1, 0.15) is 5.56 Å². The van der Waals surface area contributed by atoms with Gasteiger partial charge in [0.15, 0.2) is 0 Å². The van der Waals surface area contributed by atoms with Gasteiger partial charge in [0.1, 0.15) is 11.5 Å². The van der Waals surface area contributed by atoms with Crippen LogP contribution in [0.3, 0.4) is 0 Å². The highest BCUT2D eigenvalue weighted by Crippen LogP contribution is 2.22. The number of anilines is 1. The lowest BCUT2D eigenvalue weighted by Gasteiger charge is -2.09. The monoisotopic (exact) mass is 319 g/mol. The van der Waals surface area contributed by atoms with E-state index in [1.165, 1.54) is 0 Å². The van der Waals surface area contributed by atoms with Crippen LogP contribution in [0.5, 0.6) is 11.5 Å². The lowest BCUT2D eigenvalue weighted by Crippen LogP contribution is -2.28. The van der Waals surface area contributed by atoms with Crippen molar-refractivity contribution in [3.63, 3.8) is 0 Å². The fourth-order valence-corrected chi connectivity index (χ4v) is 2.09. The number of nitrogens with zero attached hydrogens (tertiary/aromatic N) is 1. The first-order chi connectivity index (χ1) is 11.8. The fraction of sp³-hybridized carbons (Fsp3) is 0.0526. The highest BCUT2D eigenvalue weighted by molar-refractivity contribution is 5.89. The molecule has 3 aromatic rings. The van der Waals surface area contributed by atoms with Crippen molar-refractivity contribution < 1.29 is 9.53 Å². The molecule has 0 bridgehead atoms. The molecule has 2 amide bonds. The Balaban J connectivity index is 1.51. The van der Waals surface area contributed by atoms with Gasteiger partial charge in [0, 0.05) is 24.6 Å². The predicted octanol–water partition coefficient (Wildman–Crippen LogP) is 4.20. The SMILES string of the molecule is O=C(NCc1cccnc1)Nc1ccc(Oc2ccccc2)cc1. The summed E-state index contributed by atoms with van der Waals surface area (Å²) in [6, 6.07) is 20.2. The van der Waals surface area contributed by atoms with E-state index in [4.69, 9.17) is 4.74 Å². The average molecular weight is 319 g/mol. The molecule has 0 spiro atoms. The van der Waals surface area contributed by atoms with Crippen molar-refractivity contribution in [3.8, 4) is 11.5 Å². The Labute approximate surface area is 140 Å².